The van der Waals surface area contributed by atoms with Crippen molar-refractivity contribution in [3.05, 3.63) is 0 Å². The number of thiol groups is 1. The van der Waals surface area contributed by atoms with Crippen LogP contribution in [-0.2, 0) is 9.53 Å². The predicted octanol–water partition coefficient (Wildman–Crippen LogP) is 2.35. The molecule has 0 rings (SSSR count). The maximum atomic E-state index is 12.6. The summed E-state index contributed by atoms with van der Waals surface area (Å²) in [5.74, 6) is 0.652. The molecule has 4 unspecified atom stereocenters. The van der Waals surface area contributed by atoms with Crippen LogP contribution in [0.2, 0.25) is 0 Å². The van der Waals surface area contributed by atoms with E-state index >= 15 is 0 Å². The number of nitrogens with one attached hydrogen (secondary N) is 1. The Hall–Kier alpha value is -0.260. The van der Waals surface area contributed by atoms with E-state index in [4.69, 9.17) is 4.74 Å². The van der Waals surface area contributed by atoms with Crippen molar-refractivity contribution in [3.8, 4) is 0 Å². The van der Waals surface area contributed by atoms with Crippen LogP contribution in [0.25, 0.3) is 0 Å². The zero-order valence-electron chi connectivity index (χ0n) is 13.3. The predicted molar refractivity (Wildman–Crippen MR) is 83.2 cm³/mol. The fraction of sp³-hybridized carbons (Fsp3) is 0.929. The van der Waals surface area contributed by atoms with Gasteiger partial charge in [-0.15, -0.1) is 0 Å². The average molecular weight is 290 g/mol. The molecule has 0 bridgehead atoms. The molecule has 4 atom stereocenters. The summed E-state index contributed by atoms with van der Waals surface area (Å²) in [7, 11) is 3.55. The zero-order valence-corrected chi connectivity index (χ0v) is 14.2. The van der Waals surface area contributed by atoms with E-state index in [2.05, 4.69) is 31.4 Å². The molecular formula is C14H30N2O2S. The smallest absolute Gasteiger partial charge is 0.240 e. The van der Waals surface area contributed by atoms with Gasteiger partial charge in [-0.05, 0) is 18.8 Å². The van der Waals surface area contributed by atoms with E-state index < -0.39 is 0 Å². The monoisotopic (exact) mass is 290 g/mol. The maximum Gasteiger partial charge on any atom is 0.240 e. The van der Waals surface area contributed by atoms with E-state index in [-0.39, 0.29) is 30.0 Å². The molecule has 0 aliphatic heterocycles. The molecule has 1 amide bonds. The van der Waals surface area contributed by atoms with Crippen LogP contribution >= 0.6 is 12.8 Å². The fourth-order valence-corrected chi connectivity index (χ4v) is 2.80. The third-order valence-electron chi connectivity index (χ3n) is 3.95. The Kier molecular flexibility index (Phi) is 8.70. The van der Waals surface area contributed by atoms with Gasteiger partial charge < -0.3 is 9.64 Å². The van der Waals surface area contributed by atoms with Gasteiger partial charge in [0, 0.05) is 14.2 Å². The highest BCUT2D eigenvalue weighted by atomic mass is 32.1. The minimum atomic E-state index is -0.274. The van der Waals surface area contributed by atoms with Gasteiger partial charge in [-0.1, -0.05) is 46.9 Å². The maximum absolute atomic E-state index is 12.6. The standard InChI is InChI=1S/C14H30N2O2S/c1-8-10(4)13(11(5)18-7)16(6)14(17)12(15-19)9(2)3/h9-13,15,19H,8H2,1-7H3. The summed E-state index contributed by atoms with van der Waals surface area (Å²) in [4.78, 5) is 14.4. The summed E-state index contributed by atoms with van der Waals surface area (Å²) in [5, 5.41) is 0. The number of rotatable bonds is 8. The number of methoxy groups -OCH3 is 1. The number of hydrogen-bond acceptors (Lipinski definition) is 4. The first kappa shape index (κ1) is 18.7. The molecule has 0 saturated heterocycles. The molecule has 0 aliphatic rings. The van der Waals surface area contributed by atoms with Crippen molar-refractivity contribution in [2.75, 3.05) is 14.2 Å². The lowest BCUT2D eigenvalue weighted by atomic mass is 9.92. The highest BCUT2D eigenvalue weighted by Gasteiger charge is 2.33. The second-order valence-corrected chi connectivity index (χ2v) is 5.88. The Morgan fingerprint density at radius 3 is 2.16 bits per heavy atom. The number of likely N-dealkylation sites (N-methyl/N-ethyl adjacent to an activating group) is 1. The van der Waals surface area contributed by atoms with Crippen molar-refractivity contribution < 1.29 is 9.53 Å². The molecule has 0 aromatic rings. The van der Waals surface area contributed by atoms with Gasteiger partial charge >= 0.3 is 0 Å². The second-order valence-electron chi connectivity index (χ2n) is 5.62. The van der Waals surface area contributed by atoms with Gasteiger partial charge in [0.2, 0.25) is 5.91 Å². The molecule has 0 aromatic carbocycles. The van der Waals surface area contributed by atoms with Crippen LogP contribution in [0.4, 0.5) is 0 Å². The first-order valence-corrected chi connectivity index (χ1v) is 7.45. The number of carbonyl (C=O) groups is 1. The van der Waals surface area contributed by atoms with Gasteiger partial charge in [-0.2, -0.15) is 0 Å². The highest BCUT2D eigenvalue weighted by Crippen LogP contribution is 2.20. The summed E-state index contributed by atoms with van der Waals surface area (Å²) >= 11 is 4.08. The second kappa shape index (κ2) is 8.82. The van der Waals surface area contributed by atoms with E-state index in [0.717, 1.165) is 6.42 Å². The van der Waals surface area contributed by atoms with Gasteiger partial charge in [0.25, 0.3) is 0 Å². The summed E-state index contributed by atoms with van der Waals surface area (Å²) in [6.45, 7) is 10.3. The van der Waals surface area contributed by atoms with E-state index in [1.165, 1.54) is 0 Å². The van der Waals surface area contributed by atoms with Crippen molar-refractivity contribution in [1.29, 1.82) is 0 Å². The minimum Gasteiger partial charge on any atom is -0.380 e. The van der Waals surface area contributed by atoms with E-state index in [1.807, 2.05) is 32.7 Å². The van der Waals surface area contributed by atoms with Crippen molar-refractivity contribution >= 4 is 18.7 Å². The summed E-state index contributed by atoms with van der Waals surface area (Å²) < 4.78 is 8.26. The van der Waals surface area contributed by atoms with E-state index in [0.29, 0.717) is 5.92 Å². The van der Waals surface area contributed by atoms with Crippen LogP contribution in [0, 0.1) is 11.8 Å². The molecule has 0 aromatic heterocycles. The third-order valence-corrected chi connectivity index (χ3v) is 4.22. The molecule has 0 spiro atoms. The van der Waals surface area contributed by atoms with E-state index in [1.54, 1.807) is 7.11 Å². The lowest BCUT2D eigenvalue weighted by Crippen LogP contribution is -2.54. The molecule has 0 fully saturated rings. The van der Waals surface area contributed by atoms with Gasteiger partial charge in [0.1, 0.15) is 0 Å². The molecule has 0 heterocycles. The molecule has 4 nitrogen and oxygen atoms in total. The van der Waals surface area contributed by atoms with Gasteiger partial charge in [-0.3, -0.25) is 9.52 Å². The number of amides is 1. The quantitative estimate of drug-likeness (QED) is 0.674. The zero-order chi connectivity index (χ0) is 15.2. The molecule has 114 valence electrons. The Morgan fingerprint density at radius 2 is 1.84 bits per heavy atom. The van der Waals surface area contributed by atoms with Gasteiger partial charge in [-0.25, -0.2) is 0 Å². The molecular weight excluding hydrogens is 260 g/mol. The molecule has 0 radical (unpaired) electrons. The van der Waals surface area contributed by atoms with Crippen molar-refractivity contribution in [2.24, 2.45) is 11.8 Å². The average Bonchev–Trinajstić information content (AvgIpc) is 2.38. The lowest BCUT2D eigenvalue weighted by molar-refractivity contribution is -0.139. The number of nitrogens with zero attached hydrogens (tertiary/aromatic N) is 1. The summed E-state index contributed by atoms with van der Waals surface area (Å²) in [5.41, 5.74) is 0. The SMILES string of the molecule is CCC(C)C(C(C)OC)N(C)C(=O)C(NS)C(C)C. The largest absolute Gasteiger partial charge is 0.380 e. The minimum absolute atomic E-state index is 0.0108. The molecule has 5 heteroatoms. The first-order chi connectivity index (χ1) is 8.81. The van der Waals surface area contributed by atoms with Crippen LogP contribution in [0.3, 0.4) is 0 Å². The number of ether oxygens (including phenoxy) is 1. The molecule has 19 heavy (non-hydrogen) atoms. The molecule has 0 aliphatic carbocycles. The van der Waals surface area contributed by atoms with Gasteiger partial charge in [0.05, 0.1) is 18.2 Å². The molecule has 1 N–H and O–H groups in total. The van der Waals surface area contributed by atoms with E-state index in [9.17, 15) is 4.79 Å². The normalized spacial score (nSPS) is 17.9. The molecule has 0 saturated carbocycles. The number of carbonyl (C=O) groups excluding carboxylic acids is 1. The van der Waals surface area contributed by atoms with Crippen LogP contribution in [0.5, 0.6) is 0 Å². The third kappa shape index (κ3) is 4.97. The van der Waals surface area contributed by atoms with Gasteiger partial charge in [0.15, 0.2) is 0 Å². The van der Waals surface area contributed by atoms with Crippen molar-refractivity contribution in [2.45, 2.75) is 59.2 Å². The summed E-state index contributed by atoms with van der Waals surface area (Å²) in [6, 6.07) is -0.200. The Bertz CT molecular complexity index is 264. The Morgan fingerprint density at radius 1 is 1.32 bits per heavy atom. The number of hydrogen-bond donors (Lipinski definition) is 2. The fourth-order valence-electron chi connectivity index (χ4n) is 2.40. The van der Waals surface area contributed by atoms with Crippen LogP contribution in [0.1, 0.15) is 41.0 Å². The van der Waals surface area contributed by atoms with Crippen LogP contribution in [-0.4, -0.2) is 43.2 Å². The van der Waals surface area contributed by atoms with Crippen LogP contribution in [0.15, 0.2) is 0 Å². The Labute approximate surface area is 123 Å². The lowest BCUT2D eigenvalue weighted by Gasteiger charge is -2.38. The Balaban J connectivity index is 5.07. The van der Waals surface area contributed by atoms with Crippen molar-refractivity contribution in [3.63, 3.8) is 0 Å². The van der Waals surface area contributed by atoms with Crippen LogP contribution < -0.4 is 4.72 Å². The highest BCUT2D eigenvalue weighted by molar-refractivity contribution is 7.78. The first-order valence-electron chi connectivity index (χ1n) is 7.00. The summed E-state index contributed by atoms with van der Waals surface area (Å²) in [6.07, 6.45) is 1.02. The van der Waals surface area contributed by atoms with Crippen molar-refractivity contribution in [1.82, 2.24) is 9.62 Å². The topological polar surface area (TPSA) is 41.6 Å².